The van der Waals surface area contributed by atoms with Crippen molar-refractivity contribution < 1.29 is 0 Å². The van der Waals surface area contributed by atoms with E-state index in [2.05, 4.69) is 32.6 Å². The molecule has 0 N–H and O–H groups in total. The lowest BCUT2D eigenvalue weighted by atomic mass is 10.0. The highest BCUT2D eigenvalue weighted by atomic mass is 14.0. The molecule has 0 heterocycles. The Labute approximate surface area is 83.7 Å². The molecule has 0 saturated carbocycles. The molecule has 0 saturated heterocycles. The second kappa shape index (κ2) is 9.57. The van der Waals surface area contributed by atoms with Crippen molar-refractivity contribution in [2.75, 3.05) is 0 Å². The Morgan fingerprint density at radius 2 is 1.92 bits per heavy atom. The van der Waals surface area contributed by atoms with Crippen LogP contribution in [0.3, 0.4) is 0 Å². The highest BCUT2D eigenvalue weighted by Crippen LogP contribution is 2.08. The lowest BCUT2D eigenvalue weighted by molar-refractivity contribution is 0.630. The van der Waals surface area contributed by atoms with E-state index in [9.17, 15) is 0 Å². The molecule has 0 aromatic rings. The summed E-state index contributed by atoms with van der Waals surface area (Å²) in [6, 6.07) is 0. The molecule has 0 aliphatic carbocycles. The highest BCUT2D eigenvalue weighted by molar-refractivity contribution is 4.86. The maximum atomic E-state index is 3.71. The van der Waals surface area contributed by atoms with Crippen LogP contribution in [0, 0.1) is 5.92 Å². The molecule has 0 rings (SSSR count). The Kier molecular flexibility index (Phi) is 9.18. The molecule has 0 aliphatic heterocycles. The molecule has 0 radical (unpaired) electrons. The summed E-state index contributed by atoms with van der Waals surface area (Å²) in [5, 5.41) is 0. The van der Waals surface area contributed by atoms with Crippen LogP contribution >= 0.6 is 0 Å². The van der Waals surface area contributed by atoms with Gasteiger partial charge < -0.3 is 0 Å². The van der Waals surface area contributed by atoms with Gasteiger partial charge >= 0.3 is 0 Å². The van der Waals surface area contributed by atoms with E-state index in [0.717, 1.165) is 5.92 Å². The molecule has 0 bridgehead atoms. The van der Waals surface area contributed by atoms with Crippen molar-refractivity contribution in [1.82, 2.24) is 0 Å². The Morgan fingerprint density at radius 3 is 2.54 bits per heavy atom. The van der Waals surface area contributed by atoms with Gasteiger partial charge in [0.25, 0.3) is 0 Å². The quantitative estimate of drug-likeness (QED) is 0.374. The molecular weight excluding hydrogens is 156 g/mol. The second-order valence-electron chi connectivity index (χ2n) is 3.77. The third kappa shape index (κ3) is 9.39. The number of unbranched alkanes of at least 4 members (excludes halogenated alkanes) is 3. The molecule has 0 aliphatic rings. The summed E-state index contributed by atoms with van der Waals surface area (Å²) in [5.74, 6) is 0.768. The van der Waals surface area contributed by atoms with E-state index in [1.807, 2.05) is 6.08 Å². The molecule has 1 atom stereocenters. The zero-order valence-electron chi connectivity index (χ0n) is 9.26. The molecule has 76 valence electrons. The minimum absolute atomic E-state index is 0.768. The van der Waals surface area contributed by atoms with Crippen molar-refractivity contribution in [1.29, 1.82) is 0 Å². The molecule has 0 amide bonds. The fourth-order valence-electron chi connectivity index (χ4n) is 1.43. The van der Waals surface area contributed by atoms with Gasteiger partial charge in [-0.05, 0) is 38.0 Å². The van der Waals surface area contributed by atoms with Crippen LogP contribution < -0.4 is 0 Å². The largest absolute Gasteiger partial charge is 0.103 e. The van der Waals surface area contributed by atoms with Gasteiger partial charge in [-0.2, -0.15) is 0 Å². The summed E-state index contributed by atoms with van der Waals surface area (Å²) in [6.45, 7) is 8.25. The Balaban J connectivity index is 3.24. The van der Waals surface area contributed by atoms with Gasteiger partial charge in [0.2, 0.25) is 0 Å². The van der Waals surface area contributed by atoms with Crippen LogP contribution in [0.15, 0.2) is 24.8 Å². The Morgan fingerprint density at radius 1 is 1.23 bits per heavy atom. The third-order valence-corrected chi connectivity index (χ3v) is 2.24. The van der Waals surface area contributed by atoms with E-state index in [1.54, 1.807) is 0 Å². The average Bonchev–Trinajstić information content (AvgIpc) is 2.11. The summed E-state index contributed by atoms with van der Waals surface area (Å²) in [4.78, 5) is 0. The van der Waals surface area contributed by atoms with Crippen LogP contribution in [0.2, 0.25) is 0 Å². The lowest BCUT2D eigenvalue weighted by Crippen LogP contribution is -1.86. The maximum absolute atomic E-state index is 3.71. The van der Waals surface area contributed by atoms with E-state index >= 15 is 0 Å². The molecule has 0 aromatic heterocycles. The predicted octanol–water partition coefficient (Wildman–Crippen LogP) is 4.73. The summed E-state index contributed by atoms with van der Waals surface area (Å²) < 4.78 is 0. The fourth-order valence-corrected chi connectivity index (χ4v) is 1.43. The van der Waals surface area contributed by atoms with E-state index in [1.165, 1.54) is 38.5 Å². The molecular formula is C13H24. The molecule has 0 fully saturated rings. The minimum Gasteiger partial charge on any atom is -0.103 e. The smallest absolute Gasteiger partial charge is 0.0262 e. The van der Waals surface area contributed by atoms with Crippen LogP contribution in [0.5, 0.6) is 0 Å². The standard InChI is InChI=1S/C13H24/c1-4-6-7-8-9-10-12-13(3)11-5-2/h4,10,12-13H,1,5-9,11H2,2-3H3. The first-order valence-corrected chi connectivity index (χ1v) is 5.58. The van der Waals surface area contributed by atoms with Gasteiger partial charge in [-0.1, -0.05) is 38.5 Å². The molecule has 13 heavy (non-hydrogen) atoms. The summed E-state index contributed by atoms with van der Waals surface area (Å²) in [5.41, 5.74) is 0. The number of hydrogen-bond donors (Lipinski definition) is 0. The molecule has 0 nitrogen and oxygen atoms in total. The number of hydrogen-bond acceptors (Lipinski definition) is 0. The molecule has 0 heteroatoms. The van der Waals surface area contributed by atoms with E-state index in [4.69, 9.17) is 0 Å². The van der Waals surface area contributed by atoms with Crippen molar-refractivity contribution in [3.8, 4) is 0 Å². The zero-order valence-corrected chi connectivity index (χ0v) is 9.26. The molecule has 1 unspecified atom stereocenters. The monoisotopic (exact) mass is 180 g/mol. The average molecular weight is 180 g/mol. The van der Waals surface area contributed by atoms with Gasteiger partial charge in [0.15, 0.2) is 0 Å². The van der Waals surface area contributed by atoms with Crippen molar-refractivity contribution in [3.63, 3.8) is 0 Å². The predicted molar refractivity (Wildman–Crippen MR) is 61.9 cm³/mol. The fraction of sp³-hybridized carbons (Fsp3) is 0.692. The first-order valence-electron chi connectivity index (χ1n) is 5.58. The van der Waals surface area contributed by atoms with Gasteiger partial charge in [-0.3, -0.25) is 0 Å². The van der Waals surface area contributed by atoms with Crippen molar-refractivity contribution in [2.24, 2.45) is 5.92 Å². The van der Waals surface area contributed by atoms with Gasteiger partial charge in [-0.25, -0.2) is 0 Å². The maximum Gasteiger partial charge on any atom is -0.0262 e. The van der Waals surface area contributed by atoms with Crippen molar-refractivity contribution in [3.05, 3.63) is 24.8 Å². The zero-order chi connectivity index (χ0) is 9.94. The van der Waals surface area contributed by atoms with Crippen molar-refractivity contribution >= 4 is 0 Å². The van der Waals surface area contributed by atoms with Crippen LogP contribution in [0.1, 0.15) is 52.4 Å². The topological polar surface area (TPSA) is 0 Å². The van der Waals surface area contributed by atoms with Gasteiger partial charge in [0.1, 0.15) is 0 Å². The van der Waals surface area contributed by atoms with Gasteiger partial charge in [0.05, 0.1) is 0 Å². The van der Waals surface area contributed by atoms with Gasteiger partial charge in [0, 0.05) is 0 Å². The SMILES string of the molecule is C=CCCCCC=CC(C)CCC. The summed E-state index contributed by atoms with van der Waals surface area (Å²) in [7, 11) is 0. The van der Waals surface area contributed by atoms with E-state index in [0.29, 0.717) is 0 Å². The normalized spacial score (nSPS) is 13.4. The molecule has 0 spiro atoms. The lowest BCUT2D eigenvalue weighted by Gasteiger charge is -2.01. The van der Waals surface area contributed by atoms with Gasteiger partial charge in [-0.15, -0.1) is 6.58 Å². The minimum atomic E-state index is 0.768. The summed E-state index contributed by atoms with van der Waals surface area (Å²) in [6.07, 6.45) is 14.3. The highest BCUT2D eigenvalue weighted by Gasteiger charge is 1.92. The molecule has 0 aromatic carbocycles. The van der Waals surface area contributed by atoms with Crippen LogP contribution in [0.25, 0.3) is 0 Å². The van der Waals surface area contributed by atoms with Crippen LogP contribution in [-0.2, 0) is 0 Å². The summed E-state index contributed by atoms with van der Waals surface area (Å²) >= 11 is 0. The van der Waals surface area contributed by atoms with E-state index in [-0.39, 0.29) is 0 Å². The Hall–Kier alpha value is -0.520. The first kappa shape index (κ1) is 12.5. The van der Waals surface area contributed by atoms with E-state index < -0.39 is 0 Å². The first-order chi connectivity index (χ1) is 6.31. The third-order valence-electron chi connectivity index (χ3n) is 2.24. The second-order valence-corrected chi connectivity index (χ2v) is 3.77. The number of rotatable bonds is 8. The van der Waals surface area contributed by atoms with Crippen LogP contribution in [-0.4, -0.2) is 0 Å². The van der Waals surface area contributed by atoms with Crippen molar-refractivity contribution in [2.45, 2.75) is 52.4 Å². The number of allylic oxidation sites excluding steroid dienone is 3. The Bertz CT molecular complexity index is 133. The van der Waals surface area contributed by atoms with Crippen LogP contribution in [0.4, 0.5) is 0 Å².